The van der Waals surface area contributed by atoms with E-state index in [1.54, 1.807) is 11.5 Å². The second kappa shape index (κ2) is 3.85. The molecule has 2 heteroatoms. The van der Waals surface area contributed by atoms with Crippen LogP contribution < -0.4 is 0 Å². The standard InChI is InChI=1S/C14H19NS/c1-9(2)10-6-7-11-12(8-10)16-15-13(11)14(3,4)5/h6-9H,1-5H3. The Labute approximate surface area is 102 Å². The van der Waals surface area contributed by atoms with Crippen LogP contribution in [0.2, 0.25) is 0 Å². The minimum absolute atomic E-state index is 0.137. The summed E-state index contributed by atoms with van der Waals surface area (Å²) in [5, 5.41) is 1.32. The molecule has 86 valence electrons. The first-order chi connectivity index (χ1) is 7.39. The molecule has 2 aromatic rings. The van der Waals surface area contributed by atoms with Gasteiger partial charge in [-0.25, -0.2) is 0 Å². The molecular formula is C14H19NS. The maximum absolute atomic E-state index is 4.61. The molecule has 2 rings (SSSR count). The van der Waals surface area contributed by atoms with Crippen LogP contribution in [0.5, 0.6) is 0 Å². The van der Waals surface area contributed by atoms with Crippen LogP contribution in [-0.4, -0.2) is 4.37 Å². The highest BCUT2D eigenvalue weighted by molar-refractivity contribution is 7.13. The average molecular weight is 233 g/mol. The molecular weight excluding hydrogens is 214 g/mol. The van der Waals surface area contributed by atoms with Crippen LogP contribution in [0.4, 0.5) is 0 Å². The number of fused-ring (bicyclic) bond motifs is 1. The number of benzene rings is 1. The van der Waals surface area contributed by atoms with E-state index in [2.05, 4.69) is 57.2 Å². The van der Waals surface area contributed by atoms with E-state index in [4.69, 9.17) is 0 Å². The van der Waals surface area contributed by atoms with Gasteiger partial charge in [-0.3, -0.25) is 0 Å². The van der Waals surface area contributed by atoms with Gasteiger partial charge in [0.15, 0.2) is 0 Å². The normalized spacial score (nSPS) is 12.6. The fourth-order valence-corrected chi connectivity index (χ4v) is 2.87. The summed E-state index contributed by atoms with van der Waals surface area (Å²) >= 11 is 1.62. The number of hydrogen-bond donors (Lipinski definition) is 0. The monoisotopic (exact) mass is 233 g/mol. The van der Waals surface area contributed by atoms with Gasteiger partial charge in [-0.15, -0.1) is 0 Å². The van der Waals surface area contributed by atoms with Crippen molar-refractivity contribution >= 4 is 21.6 Å². The number of nitrogens with zero attached hydrogens (tertiary/aromatic N) is 1. The molecule has 0 spiro atoms. The quantitative estimate of drug-likeness (QED) is 0.694. The Morgan fingerprint density at radius 3 is 2.44 bits per heavy atom. The van der Waals surface area contributed by atoms with Crippen LogP contribution in [0.1, 0.15) is 51.8 Å². The van der Waals surface area contributed by atoms with E-state index in [1.807, 2.05) is 0 Å². The summed E-state index contributed by atoms with van der Waals surface area (Å²) in [6.45, 7) is 11.1. The first kappa shape index (κ1) is 11.6. The van der Waals surface area contributed by atoms with Gasteiger partial charge in [0.05, 0.1) is 10.4 Å². The van der Waals surface area contributed by atoms with Gasteiger partial charge in [0.2, 0.25) is 0 Å². The maximum atomic E-state index is 4.61. The lowest BCUT2D eigenvalue weighted by atomic mass is 9.89. The fourth-order valence-electron chi connectivity index (χ4n) is 1.85. The van der Waals surface area contributed by atoms with E-state index in [1.165, 1.54) is 21.3 Å². The summed E-state index contributed by atoms with van der Waals surface area (Å²) in [6, 6.07) is 6.75. The van der Waals surface area contributed by atoms with E-state index in [9.17, 15) is 0 Å². The Hall–Kier alpha value is -0.890. The van der Waals surface area contributed by atoms with Crippen LogP contribution in [0.25, 0.3) is 10.1 Å². The van der Waals surface area contributed by atoms with Crippen molar-refractivity contribution in [1.29, 1.82) is 0 Å². The molecule has 1 aromatic heterocycles. The third kappa shape index (κ3) is 1.99. The van der Waals surface area contributed by atoms with Gasteiger partial charge < -0.3 is 0 Å². The molecule has 1 aromatic carbocycles. The predicted molar refractivity (Wildman–Crippen MR) is 72.4 cm³/mol. The molecule has 0 fully saturated rings. The average Bonchev–Trinajstić information content (AvgIpc) is 2.58. The predicted octanol–water partition coefficient (Wildman–Crippen LogP) is 4.72. The van der Waals surface area contributed by atoms with Crippen molar-refractivity contribution < 1.29 is 0 Å². The van der Waals surface area contributed by atoms with Gasteiger partial charge in [-0.2, -0.15) is 4.37 Å². The molecule has 0 saturated heterocycles. The minimum atomic E-state index is 0.137. The van der Waals surface area contributed by atoms with Crippen molar-refractivity contribution in [1.82, 2.24) is 4.37 Å². The minimum Gasteiger partial charge on any atom is -0.196 e. The Balaban J connectivity index is 2.59. The lowest BCUT2D eigenvalue weighted by Crippen LogP contribution is -2.11. The van der Waals surface area contributed by atoms with Gasteiger partial charge in [0.1, 0.15) is 0 Å². The number of rotatable bonds is 1. The zero-order chi connectivity index (χ0) is 11.9. The molecule has 0 saturated carbocycles. The SMILES string of the molecule is CC(C)c1ccc2c(C(C)(C)C)nsc2c1. The van der Waals surface area contributed by atoms with Gasteiger partial charge in [-0.1, -0.05) is 46.8 Å². The molecule has 0 bridgehead atoms. The second-order valence-corrected chi connectivity index (χ2v) is 6.50. The molecule has 0 aliphatic rings. The van der Waals surface area contributed by atoms with Crippen LogP contribution in [0.15, 0.2) is 18.2 Å². The summed E-state index contributed by atoms with van der Waals surface area (Å²) in [6.07, 6.45) is 0. The summed E-state index contributed by atoms with van der Waals surface area (Å²) in [7, 11) is 0. The molecule has 0 amide bonds. The number of aromatic nitrogens is 1. The Morgan fingerprint density at radius 1 is 1.19 bits per heavy atom. The Morgan fingerprint density at radius 2 is 1.88 bits per heavy atom. The summed E-state index contributed by atoms with van der Waals surface area (Å²) in [5.41, 5.74) is 2.76. The molecule has 0 atom stereocenters. The van der Waals surface area contributed by atoms with Crippen molar-refractivity contribution in [2.75, 3.05) is 0 Å². The van der Waals surface area contributed by atoms with E-state index < -0.39 is 0 Å². The highest BCUT2D eigenvalue weighted by Crippen LogP contribution is 2.33. The zero-order valence-corrected chi connectivity index (χ0v) is 11.5. The lowest BCUT2D eigenvalue weighted by Gasteiger charge is -2.15. The molecule has 0 N–H and O–H groups in total. The van der Waals surface area contributed by atoms with Crippen LogP contribution >= 0.6 is 11.5 Å². The summed E-state index contributed by atoms with van der Waals surface area (Å²) in [5.74, 6) is 0.588. The van der Waals surface area contributed by atoms with Crippen LogP contribution in [0, 0.1) is 0 Å². The van der Waals surface area contributed by atoms with Gasteiger partial charge in [-0.05, 0) is 29.1 Å². The fraction of sp³-hybridized carbons (Fsp3) is 0.500. The van der Waals surface area contributed by atoms with E-state index in [-0.39, 0.29) is 5.41 Å². The van der Waals surface area contributed by atoms with E-state index in [0.717, 1.165) is 0 Å². The third-order valence-electron chi connectivity index (χ3n) is 2.87. The second-order valence-electron chi connectivity index (χ2n) is 5.69. The van der Waals surface area contributed by atoms with Gasteiger partial charge in [0, 0.05) is 10.8 Å². The first-order valence-corrected chi connectivity index (χ1v) is 6.57. The number of hydrogen-bond acceptors (Lipinski definition) is 2. The van der Waals surface area contributed by atoms with Gasteiger partial charge in [0.25, 0.3) is 0 Å². The smallest absolute Gasteiger partial charge is 0.0674 e. The lowest BCUT2D eigenvalue weighted by molar-refractivity contribution is 0.581. The van der Waals surface area contributed by atoms with Crippen molar-refractivity contribution in [3.8, 4) is 0 Å². The van der Waals surface area contributed by atoms with Crippen molar-refractivity contribution in [2.45, 2.75) is 46.0 Å². The Kier molecular flexibility index (Phi) is 2.79. The largest absolute Gasteiger partial charge is 0.196 e. The molecule has 1 heterocycles. The zero-order valence-electron chi connectivity index (χ0n) is 10.7. The summed E-state index contributed by atoms with van der Waals surface area (Å²) < 4.78 is 5.92. The van der Waals surface area contributed by atoms with E-state index >= 15 is 0 Å². The molecule has 1 nitrogen and oxygen atoms in total. The van der Waals surface area contributed by atoms with Crippen LogP contribution in [-0.2, 0) is 5.41 Å². The van der Waals surface area contributed by atoms with E-state index in [0.29, 0.717) is 5.92 Å². The highest BCUT2D eigenvalue weighted by atomic mass is 32.1. The van der Waals surface area contributed by atoms with Gasteiger partial charge >= 0.3 is 0 Å². The first-order valence-electron chi connectivity index (χ1n) is 5.79. The van der Waals surface area contributed by atoms with Crippen molar-refractivity contribution in [2.24, 2.45) is 0 Å². The maximum Gasteiger partial charge on any atom is 0.0674 e. The topological polar surface area (TPSA) is 12.9 Å². The molecule has 16 heavy (non-hydrogen) atoms. The van der Waals surface area contributed by atoms with Crippen LogP contribution in [0.3, 0.4) is 0 Å². The van der Waals surface area contributed by atoms with Crippen molar-refractivity contribution in [3.63, 3.8) is 0 Å². The molecule has 0 aliphatic carbocycles. The Bertz CT molecular complexity index is 503. The summed E-state index contributed by atoms with van der Waals surface area (Å²) in [4.78, 5) is 0. The van der Waals surface area contributed by atoms with Crippen molar-refractivity contribution in [3.05, 3.63) is 29.5 Å². The molecule has 0 radical (unpaired) electrons. The molecule has 0 aliphatic heterocycles. The highest BCUT2D eigenvalue weighted by Gasteiger charge is 2.20. The third-order valence-corrected chi connectivity index (χ3v) is 3.68. The molecule has 0 unspecified atom stereocenters.